The number of hydrogen-bond donors (Lipinski definition) is 0. The predicted octanol–water partition coefficient (Wildman–Crippen LogP) is 15.9. The van der Waals surface area contributed by atoms with Crippen molar-refractivity contribution in [2.75, 3.05) is 0 Å². The summed E-state index contributed by atoms with van der Waals surface area (Å²) in [7, 11) is 0. The summed E-state index contributed by atoms with van der Waals surface area (Å²) in [5.74, 6) is 0.722. The zero-order valence-electron chi connectivity index (χ0n) is 36.5. The van der Waals surface area contributed by atoms with E-state index in [2.05, 4.69) is 218 Å². The molecule has 308 valence electrons. The standard InChI is InChI=1S/C61H44N4/c1-39-18-31-58-52(34-39)53-35-40(2)19-32-59(53)65(58)49-29-33-60-54(37-49)51-16-10-11-17-57(51)64(60)48-27-24-43(25-28-48)42-20-22-44(23-21-42)47-26-30-50(41(3)36-47)56-38-55(45-12-6-4-7-13-45)62-61(63-56)46-14-8-5-9-15-46/h4-38H,1-3H3. The highest BCUT2D eigenvalue weighted by molar-refractivity contribution is 6.12. The molecule has 0 saturated carbocycles. The van der Waals surface area contributed by atoms with Gasteiger partial charge in [-0.15, -0.1) is 0 Å². The van der Waals surface area contributed by atoms with E-state index in [1.807, 2.05) is 24.3 Å². The largest absolute Gasteiger partial charge is 0.309 e. The summed E-state index contributed by atoms with van der Waals surface area (Å²) in [6, 6.07) is 76.6. The third kappa shape index (κ3) is 6.70. The number of hydrogen-bond acceptors (Lipinski definition) is 2. The molecule has 0 radical (unpaired) electrons. The van der Waals surface area contributed by atoms with Crippen molar-refractivity contribution >= 4 is 43.6 Å². The van der Waals surface area contributed by atoms with Gasteiger partial charge in [0.1, 0.15) is 0 Å². The second-order valence-corrected chi connectivity index (χ2v) is 17.3. The van der Waals surface area contributed by atoms with Crippen LogP contribution in [0.15, 0.2) is 212 Å². The molecule has 3 heterocycles. The lowest BCUT2D eigenvalue weighted by molar-refractivity contribution is 1.16. The van der Waals surface area contributed by atoms with Crippen molar-refractivity contribution in [2.45, 2.75) is 20.8 Å². The molecule has 0 aliphatic carbocycles. The van der Waals surface area contributed by atoms with Crippen LogP contribution in [0.5, 0.6) is 0 Å². The van der Waals surface area contributed by atoms with Gasteiger partial charge in [-0.05, 0) is 115 Å². The minimum atomic E-state index is 0.722. The number of rotatable bonds is 7. The van der Waals surface area contributed by atoms with Crippen LogP contribution >= 0.6 is 0 Å². The summed E-state index contributed by atoms with van der Waals surface area (Å²) >= 11 is 0. The van der Waals surface area contributed by atoms with E-state index in [4.69, 9.17) is 9.97 Å². The lowest BCUT2D eigenvalue weighted by Crippen LogP contribution is -1.97. The summed E-state index contributed by atoms with van der Waals surface area (Å²) in [6.07, 6.45) is 0. The molecule has 12 rings (SSSR count). The predicted molar refractivity (Wildman–Crippen MR) is 272 cm³/mol. The van der Waals surface area contributed by atoms with Gasteiger partial charge in [0.25, 0.3) is 0 Å². The maximum Gasteiger partial charge on any atom is 0.160 e. The van der Waals surface area contributed by atoms with Crippen LogP contribution < -0.4 is 0 Å². The normalized spacial score (nSPS) is 11.6. The van der Waals surface area contributed by atoms with Gasteiger partial charge in [-0.3, -0.25) is 0 Å². The molecule has 0 saturated heterocycles. The maximum atomic E-state index is 5.08. The van der Waals surface area contributed by atoms with E-state index >= 15 is 0 Å². The van der Waals surface area contributed by atoms with Gasteiger partial charge < -0.3 is 9.13 Å². The van der Waals surface area contributed by atoms with Crippen LogP contribution in [0.3, 0.4) is 0 Å². The molecule has 3 aromatic heterocycles. The summed E-state index contributed by atoms with van der Waals surface area (Å²) < 4.78 is 4.83. The molecular weight excluding hydrogens is 789 g/mol. The number of aryl methyl sites for hydroxylation is 3. The van der Waals surface area contributed by atoms with Gasteiger partial charge in [-0.2, -0.15) is 0 Å². The van der Waals surface area contributed by atoms with Crippen LogP contribution in [0, 0.1) is 20.8 Å². The Bertz CT molecular complexity index is 3650. The minimum absolute atomic E-state index is 0.722. The van der Waals surface area contributed by atoms with E-state index in [1.165, 1.54) is 82.7 Å². The maximum absolute atomic E-state index is 5.08. The molecule has 0 amide bonds. The zero-order valence-corrected chi connectivity index (χ0v) is 36.5. The van der Waals surface area contributed by atoms with E-state index in [-0.39, 0.29) is 0 Å². The van der Waals surface area contributed by atoms with Gasteiger partial charge in [0.05, 0.1) is 33.5 Å². The van der Waals surface area contributed by atoms with Gasteiger partial charge in [0.2, 0.25) is 0 Å². The zero-order chi connectivity index (χ0) is 43.6. The third-order valence-corrected chi connectivity index (χ3v) is 13.0. The van der Waals surface area contributed by atoms with E-state index in [1.54, 1.807) is 0 Å². The van der Waals surface area contributed by atoms with Gasteiger partial charge in [-0.25, -0.2) is 9.97 Å². The number of fused-ring (bicyclic) bond motifs is 6. The molecule has 12 aromatic rings. The van der Waals surface area contributed by atoms with Crippen molar-refractivity contribution in [1.29, 1.82) is 0 Å². The van der Waals surface area contributed by atoms with Crippen molar-refractivity contribution < 1.29 is 0 Å². The van der Waals surface area contributed by atoms with E-state index < -0.39 is 0 Å². The lowest BCUT2D eigenvalue weighted by atomic mass is 9.96. The van der Waals surface area contributed by atoms with Crippen molar-refractivity contribution in [2.24, 2.45) is 0 Å². The highest BCUT2D eigenvalue weighted by Crippen LogP contribution is 2.39. The average Bonchev–Trinajstić information content (AvgIpc) is 3.86. The van der Waals surface area contributed by atoms with Crippen LogP contribution in [-0.2, 0) is 0 Å². The van der Waals surface area contributed by atoms with Crippen LogP contribution in [0.25, 0.3) is 111 Å². The van der Waals surface area contributed by atoms with Gasteiger partial charge in [0, 0.05) is 49.6 Å². The molecule has 4 heteroatoms. The summed E-state index contributed by atoms with van der Waals surface area (Å²) in [5.41, 5.74) is 20.5. The smallest absolute Gasteiger partial charge is 0.160 e. The molecule has 0 aliphatic rings. The van der Waals surface area contributed by atoms with Crippen molar-refractivity contribution in [3.63, 3.8) is 0 Å². The molecule has 0 bridgehead atoms. The first-order valence-electron chi connectivity index (χ1n) is 22.3. The molecule has 9 aromatic carbocycles. The number of nitrogens with zero attached hydrogens (tertiary/aromatic N) is 4. The molecule has 0 unspecified atom stereocenters. The second kappa shape index (κ2) is 15.5. The summed E-state index contributed by atoms with van der Waals surface area (Å²) in [5, 5.41) is 5.06. The molecule has 0 aliphatic heterocycles. The Morgan fingerprint density at radius 2 is 0.785 bits per heavy atom. The Labute approximate surface area is 378 Å². The summed E-state index contributed by atoms with van der Waals surface area (Å²) in [6.45, 7) is 6.52. The first-order valence-corrected chi connectivity index (χ1v) is 22.3. The van der Waals surface area contributed by atoms with Crippen LogP contribution in [0.1, 0.15) is 16.7 Å². The highest BCUT2D eigenvalue weighted by Gasteiger charge is 2.18. The molecule has 0 N–H and O–H groups in total. The molecule has 65 heavy (non-hydrogen) atoms. The van der Waals surface area contributed by atoms with Crippen molar-refractivity contribution in [3.05, 3.63) is 229 Å². The Hall–Kier alpha value is -8.34. The minimum Gasteiger partial charge on any atom is -0.309 e. The topological polar surface area (TPSA) is 35.6 Å². The van der Waals surface area contributed by atoms with Crippen LogP contribution in [-0.4, -0.2) is 19.1 Å². The lowest BCUT2D eigenvalue weighted by Gasteiger charge is -2.13. The number of benzene rings is 9. The fourth-order valence-corrected chi connectivity index (χ4v) is 9.75. The fourth-order valence-electron chi connectivity index (χ4n) is 9.75. The Balaban J connectivity index is 0.850. The van der Waals surface area contributed by atoms with Crippen LogP contribution in [0.2, 0.25) is 0 Å². The molecule has 0 atom stereocenters. The first kappa shape index (κ1) is 38.3. The van der Waals surface area contributed by atoms with Gasteiger partial charge in [-0.1, -0.05) is 157 Å². The number of aromatic nitrogens is 4. The van der Waals surface area contributed by atoms with E-state index in [9.17, 15) is 0 Å². The SMILES string of the molecule is Cc1ccc2c(c1)c1cc(C)ccc1n2-c1ccc2c(c1)c1ccccc1n2-c1ccc(-c2ccc(-c3ccc(-c4cc(-c5ccccc5)nc(-c5ccccc5)n4)c(C)c3)cc2)cc1. The van der Waals surface area contributed by atoms with Crippen LogP contribution in [0.4, 0.5) is 0 Å². The van der Waals surface area contributed by atoms with Crippen molar-refractivity contribution in [1.82, 2.24) is 19.1 Å². The van der Waals surface area contributed by atoms with E-state index in [0.717, 1.165) is 45.2 Å². The number of para-hydroxylation sites is 1. The molecule has 0 fully saturated rings. The summed E-state index contributed by atoms with van der Waals surface area (Å²) in [4.78, 5) is 10.1. The van der Waals surface area contributed by atoms with Gasteiger partial charge in [0.15, 0.2) is 5.82 Å². The fraction of sp³-hybridized carbons (Fsp3) is 0.0492. The van der Waals surface area contributed by atoms with E-state index in [0.29, 0.717) is 0 Å². The highest BCUT2D eigenvalue weighted by atomic mass is 15.0. The second-order valence-electron chi connectivity index (χ2n) is 17.3. The third-order valence-electron chi connectivity index (χ3n) is 13.0. The molecule has 0 spiro atoms. The van der Waals surface area contributed by atoms with Gasteiger partial charge >= 0.3 is 0 Å². The Morgan fingerprint density at radius 3 is 1.43 bits per heavy atom. The Morgan fingerprint density at radius 1 is 0.308 bits per heavy atom. The molecular formula is C61H44N4. The monoisotopic (exact) mass is 832 g/mol. The molecule has 4 nitrogen and oxygen atoms in total. The first-order chi connectivity index (χ1) is 31.9. The quantitative estimate of drug-likeness (QED) is 0.160. The van der Waals surface area contributed by atoms with Crippen molar-refractivity contribution in [3.8, 4) is 67.5 Å². The Kier molecular flexibility index (Phi) is 9.13. The average molecular weight is 833 g/mol.